The third kappa shape index (κ3) is 15.5. The SMILES string of the molecule is CC[C@]12C[C@@H]1[C@@H](n1cnc3c(NC(=O)c4ccccc4)ncnc31)[C@H](O)[C@@H]2C.CC[C@]12C[C@@H]1[C@@H](n1cnc3c(NC(=O)c4ccccc4)ncnc31)[C@H](O)[C@@H]2O.CC[C@]12C[C@@H]1[C@@H](n1cnc3c(NC(=O)c4ccccc4)ncnc31)[C@H](O[Si](C)(C)C(C)(C)C)[C@@H]2O.Nc1ncnc2c1ncn2[C@H]1[C@H](O)[C@H](O)[C@@]2(CO)C[C@H]12.O=C(Nc1ncnc2c1ncn2[C@H]1[C@H](O)[C@H](O)[C@@]2(CO)C[C@H]12)c1ccccc1. The van der Waals surface area contributed by atoms with Gasteiger partial charge in [0.15, 0.2) is 87.7 Å². The molecule has 0 radical (unpaired) electrons. The van der Waals surface area contributed by atoms with E-state index in [1.807, 2.05) is 69.2 Å². The van der Waals surface area contributed by atoms with Crippen LogP contribution < -0.4 is 27.0 Å². The van der Waals surface area contributed by atoms with Crippen LogP contribution in [0.2, 0.25) is 18.1 Å². The van der Waals surface area contributed by atoms with Crippen molar-refractivity contribution in [1.29, 1.82) is 0 Å². The van der Waals surface area contributed by atoms with Crippen molar-refractivity contribution in [3.8, 4) is 0 Å². The van der Waals surface area contributed by atoms with Gasteiger partial charge in [-0.05, 0) is 159 Å². The number of nitrogen functional groups attached to an aromatic ring is 1. The lowest BCUT2D eigenvalue weighted by Crippen LogP contribution is -2.49. The monoisotopic (exact) mass is 1910 g/mol. The predicted octanol–water partition coefficient (Wildman–Crippen LogP) is 8.66. The number of fused-ring (bicyclic) bond motifs is 10. The fourth-order valence-electron chi connectivity index (χ4n) is 23.6. The minimum atomic E-state index is -2.14. The number of aliphatic hydroxyl groups excluding tert-OH is 10. The van der Waals surface area contributed by atoms with Crippen molar-refractivity contribution in [2.24, 2.45) is 62.6 Å². The first-order valence-corrected chi connectivity index (χ1v) is 50.1. The zero-order valence-electron chi connectivity index (χ0n) is 78.0. The van der Waals surface area contributed by atoms with E-state index >= 15 is 0 Å². The molecule has 0 saturated heterocycles. The molecule has 4 aromatic carbocycles. The van der Waals surface area contributed by atoms with E-state index in [1.165, 1.54) is 38.0 Å². The van der Waals surface area contributed by atoms with Crippen LogP contribution >= 0.6 is 0 Å². The number of rotatable bonds is 20. The van der Waals surface area contributed by atoms with Crippen molar-refractivity contribution in [2.45, 2.75) is 203 Å². The summed E-state index contributed by atoms with van der Waals surface area (Å²) < 4.78 is 16.1. The van der Waals surface area contributed by atoms with Gasteiger partial charge in [-0.25, -0.2) is 74.8 Å². The van der Waals surface area contributed by atoms with Gasteiger partial charge >= 0.3 is 0 Å². The Hall–Kier alpha value is -12.9. The number of amides is 4. The Kier molecular flexibility index (Phi) is 23.9. The second-order valence-corrected chi connectivity index (χ2v) is 45.2. The second kappa shape index (κ2) is 35.5. The summed E-state index contributed by atoms with van der Waals surface area (Å²) >= 11 is 0. The molecule has 41 heteroatoms. The Morgan fingerprint density at radius 2 is 0.626 bits per heavy atom. The Labute approximate surface area is 797 Å². The van der Waals surface area contributed by atoms with Gasteiger partial charge in [0.2, 0.25) is 0 Å². The molecule has 0 aliphatic heterocycles. The summed E-state index contributed by atoms with van der Waals surface area (Å²) in [5.41, 5.74) is 11.8. The van der Waals surface area contributed by atoms with E-state index in [2.05, 4.69) is 151 Å². The lowest BCUT2D eigenvalue weighted by molar-refractivity contribution is -0.0301. The van der Waals surface area contributed by atoms with Crippen LogP contribution in [0.1, 0.15) is 171 Å². The van der Waals surface area contributed by atoms with Gasteiger partial charge in [0.05, 0.1) is 112 Å². The summed E-state index contributed by atoms with van der Waals surface area (Å²) in [6, 6.07) is 34.5. The summed E-state index contributed by atoms with van der Waals surface area (Å²) in [5, 5.41) is 115. The number of benzene rings is 4. The maximum absolute atomic E-state index is 12.8. The van der Waals surface area contributed by atoms with Gasteiger partial charge in [-0.2, -0.15) is 0 Å². The number of imidazole rings is 5. The number of nitrogens with zero attached hydrogens (tertiary/aromatic N) is 20. The van der Waals surface area contributed by atoms with Crippen LogP contribution in [0.5, 0.6) is 0 Å². The Bertz CT molecular complexity index is 6590. The van der Waals surface area contributed by atoms with E-state index in [0.29, 0.717) is 120 Å². The fourth-order valence-corrected chi connectivity index (χ4v) is 24.9. The quantitative estimate of drug-likeness (QED) is 0.0317. The molecule has 10 aliphatic rings. The molecule has 724 valence electrons. The average Bonchev–Trinajstić information content (AvgIpc) is 1.54. The van der Waals surface area contributed by atoms with Crippen LogP contribution in [-0.2, 0) is 4.43 Å². The predicted molar refractivity (Wildman–Crippen MR) is 511 cm³/mol. The maximum atomic E-state index is 12.8. The molecule has 10 saturated carbocycles. The largest absolute Gasteiger partial charge is 0.409 e. The summed E-state index contributed by atoms with van der Waals surface area (Å²) in [7, 11) is -2.14. The van der Waals surface area contributed by atoms with Crippen molar-refractivity contribution >= 4 is 117 Å². The first kappa shape index (κ1) is 93.7. The number of nitrogens with two attached hydrogens (primary N) is 1. The number of carbonyl (C=O) groups is 4. The topological polar surface area (TPSA) is 572 Å². The summed E-state index contributed by atoms with van der Waals surface area (Å²) in [6.45, 7) is 19.3. The molecule has 10 fully saturated rings. The van der Waals surface area contributed by atoms with Crippen LogP contribution in [0.3, 0.4) is 0 Å². The highest BCUT2D eigenvalue weighted by Crippen LogP contribution is 2.74. The van der Waals surface area contributed by atoms with Gasteiger partial charge in [0, 0.05) is 43.9 Å². The normalized spacial score (nSPS) is 31.4. The van der Waals surface area contributed by atoms with Crippen LogP contribution in [0.4, 0.5) is 29.1 Å². The van der Waals surface area contributed by atoms with E-state index in [1.54, 1.807) is 107 Å². The number of nitrogens with one attached hydrogen (secondary N) is 4. The molecular weight excluding hydrogens is 1800 g/mol. The summed E-state index contributed by atoms with van der Waals surface area (Å²) in [5.74, 6) is 1.71. The number of anilines is 5. The van der Waals surface area contributed by atoms with E-state index in [0.717, 1.165) is 38.5 Å². The number of hydrogen-bond acceptors (Lipinski definition) is 31. The van der Waals surface area contributed by atoms with Crippen LogP contribution in [-0.4, -0.2) is 249 Å². The molecule has 10 aliphatic carbocycles. The smallest absolute Gasteiger partial charge is 0.256 e. The third-order valence-corrected chi connectivity index (χ3v) is 37.5. The first-order chi connectivity index (χ1) is 66.8. The van der Waals surface area contributed by atoms with Crippen LogP contribution in [0.25, 0.3) is 55.8 Å². The molecule has 0 unspecified atom stereocenters. The Balaban J connectivity index is 0.000000108. The highest BCUT2D eigenvalue weighted by Gasteiger charge is 2.75. The average molecular weight is 1910 g/mol. The highest BCUT2D eigenvalue weighted by molar-refractivity contribution is 6.74. The zero-order chi connectivity index (χ0) is 97.6. The standard InChI is InChI=1S/C26H35N5O3Si.C21H23N5O2.C20H21N5O3.C19H19N5O4.C12H15N5O3/c1-7-26-13-17(26)19(20(21(26)32)34-35(5,6)25(2,3)4)31-15-29-18-22(27-14-28-23(18)31)30-24(33)16-11-9-8-10-12-16;1-3-21-9-14(21)16(17(27)12(21)2)26-11-24-15-18(22-10-23-19(15)26)25-20(28)13-7-5-4-6-8-13;1-2-20-8-12(20)14(15(26)16(20)27)25-10-23-13-17(21-9-22-18(13)25)24-19(28)11-6-4-3-5-7-11;25-7-19-6-11(19)13(14(26)15(19)27)24-9-22-12-16(20-8-21-17(12)24)23-18(28)10-4-2-1-3-5-10;13-10-6-11(15-3-14-10)17(4-16-6)7-5-1-12(5,2-18)9(20)8(7)19/h8-12,14-15,17,19-21,32H,7,13H2,1-6H3,(H,27,28,30,33);4-8,10-12,14,16-17,27H,3,9H2,1-2H3,(H,22,23,25,28);3-7,9-10,12,14-16,26-27H,2,8H2,1H3,(H,21,22,24,28);1-5,8-9,11,13-15,25-27H,6-7H2,(H,20,21,23,28);3-5,7-9,18-20H,1-2H2,(H2,13,14,15)/t17-,19-,20+,21+,26+;12-,14+,16+,17+,21+;12-,14-,15+,16+,20+;11-,13-,14+,15+,19-;5-,7-,8+,9+,12-/m10111/s1. The molecule has 4 amide bonds. The van der Waals surface area contributed by atoms with Crippen molar-refractivity contribution in [1.82, 2.24) is 97.6 Å². The molecule has 139 heavy (non-hydrogen) atoms. The van der Waals surface area contributed by atoms with E-state index < -0.39 is 74.0 Å². The molecule has 16 N–H and O–H groups in total. The van der Waals surface area contributed by atoms with Crippen LogP contribution in [0.15, 0.2) is 185 Å². The zero-order valence-corrected chi connectivity index (χ0v) is 79.0. The van der Waals surface area contributed by atoms with Gasteiger partial charge in [-0.15, -0.1) is 0 Å². The van der Waals surface area contributed by atoms with Gasteiger partial charge in [-0.3, -0.25) is 19.2 Å². The fraction of sp³-hybridized carbons (Fsp3) is 0.459. The second-order valence-electron chi connectivity index (χ2n) is 40.5. The van der Waals surface area contributed by atoms with Gasteiger partial charge in [0.1, 0.15) is 55.5 Å². The number of hydrogen-bond donors (Lipinski definition) is 15. The number of aliphatic hydroxyl groups is 10. The third-order valence-electron chi connectivity index (χ3n) is 33.0. The summed E-state index contributed by atoms with van der Waals surface area (Å²) in [4.78, 5) is 115. The molecule has 10 heterocycles. The van der Waals surface area contributed by atoms with Crippen LogP contribution in [0, 0.1) is 62.6 Å². The molecule has 25 atom stereocenters. The van der Waals surface area contributed by atoms with Crippen molar-refractivity contribution in [2.75, 3.05) is 40.2 Å². The molecule has 10 aromatic heterocycles. The first-order valence-electron chi connectivity index (χ1n) is 47.2. The Morgan fingerprint density at radius 1 is 0.367 bits per heavy atom. The minimum absolute atomic E-state index is 0.0195. The Morgan fingerprint density at radius 3 is 0.928 bits per heavy atom. The molecule has 0 spiro atoms. The lowest BCUT2D eigenvalue weighted by atomic mass is 9.88. The molecule has 0 bridgehead atoms. The minimum Gasteiger partial charge on any atom is -0.409 e. The van der Waals surface area contributed by atoms with Crippen molar-refractivity contribution in [3.63, 3.8) is 0 Å². The molecule has 40 nitrogen and oxygen atoms in total. The molecular formula is C98H113N25O15Si. The molecule has 24 rings (SSSR count). The van der Waals surface area contributed by atoms with Crippen molar-refractivity contribution in [3.05, 3.63) is 207 Å². The van der Waals surface area contributed by atoms with Gasteiger partial charge in [-0.1, -0.05) is 121 Å². The number of carbonyl (C=O) groups excluding carboxylic acids is 4. The highest BCUT2D eigenvalue weighted by atomic mass is 28.4. The van der Waals surface area contributed by atoms with E-state index in [9.17, 15) is 70.2 Å². The van der Waals surface area contributed by atoms with E-state index in [4.69, 9.17) is 10.2 Å². The van der Waals surface area contributed by atoms with Crippen molar-refractivity contribution < 1.29 is 74.7 Å². The van der Waals surface area contributed by atoms with E-state index in [-0.39, 0.29) is 124 Å². The molecule has 14 aromatic rings. The van der Waals surface area contributed by atoms with Gasteiger partial charge < -0.3 is 105 Å². The maximum Gasteiger partial charge on any atom is 0.256 e. The summed E-state index contributed by atoms with van der Waals surface area (Å²) in [6.07, 6.45) is 15.4. The number of aromatic nitrogens is 20. The van der Waals surface area contributed by atoms with Gasteiger partial charge in [0.25, 0.3) is 23.6 Å². The lowest BCUT2D eigenvalue weighted by Gasteiger charge is -2.42.